The average Bonchev–Trinajstić information content (AvgIpc) is 3.32. The van der Waals surface area contributed by atoms with E-state index in [9.17, 15) is 9.59 Å². The minimum Gasteiger partial charge on any atom is -0.368 e. The molecule has 2 saturated heterocycles. The molecule has 1 aliphatic carbocycles. The summed E-state index contributed by atoms with van der Waals surface area (Å²) in [5, 5.41) is 8.78. The van der Waals surface area contributed by atoms with E-state index >= 15 is 0 Å². The van der Waals surface area contributed by atoms with Crippen LogP contribution in [0, 0.1) is 30.1 Å². The highest BCUT2D eigenvalue weighted by atomic mass is 16.6. The topological polar surface area (TPSA) is 76.4 Å². The van der Waals surface area contributed by atoms with Gasteiger partial charge in [0.15, 0.2) is 11.6 Å². The number of aryl methyl sites for hydroxylation is 3. The molecular weight excluding hydrogens is 354 g/mol. The standard InChI is InChI=1S/C23H27NO4/c1-4-14-10-13(3)11-15(5-2)17(14)19-21(25)18-16-6-7-23(28-16,12-27-9-8-24)20(18)22(19)26/h10-11,16,18-20H,4-7,9,12H2,1-3H3/t16-,18-,19?,20+,23-/m0/s1. The molecule has 5 nitrogen and oxygen atoms in total. The second-order valence-corrected chi connectivity index (χ2v) is 8.36. The van der Waals surface area contributed by atoms with E-state index in [0.29, 0.717) is 6.42 Å². The number of nitriles is 1. The molecule has 2 aliphatic heterocycles. The summed E-state index contributed by atoms with van der Waals surface area (Å²) in [5.74, 6) is -1.48. The van der Waals surface area contributed by atoms with Crippen LogP contribution in [0.25, 0.3) is 0 Å². The Morgan fingerprint density at radius 2 is 1.89 bits per heavy atom. The first-order valence-corrected chi connectivity index (χ1v) is 10.3. The molecule has 0 amide bonds. The van der Waals surface area contributed by atoms with Gasteiger partial charge in [-0.15, -0.1) is 0 Å². The molecule has 4 rings (SSSR count). The van der Waals surface area contributed by atoms with Crippen molar-refractivity contribution in [1.29, 1.82) is 5.26 Å². The van der Waals surface area contributed by atoms with Crippen LogP contribution in [-0.2, 0) is 31.9 Å². The van der Waals surface area contributed by atoms with E-state index in [1.54, 1.807) is 0 Å². The van der Waals surface area contributed by atoms with E-state index in [0.717, 1.165) is 36.0 Å². The van der Waals surface area contributed by atoms with Crippen molar-refractivity contribution in [2.24, 2.45) is 11.8 Å². The molecule has 3 aliphatic rings. The molecule has 5 heteroatoms. The highest BCUT2D eigenvalue weighted by Crippen LogP contribution is 2.58. The van der Waals surface area contributed by atoms with Crippen molar-refractivity contribution in [3.63, 3.8) is 0 Å². The van der Waals surface area contributed by atoms with Gasteiger partial charge in [-0.1, -0.05) is 31.5 Å². The third kappa shape index (κ3) is 2.66. The van der Waals surface area contributed by atoms with Crippen LogP contribution in [0.4, 0.5) is 0 Å². The van der Waals surface area contributed by atoms with Crippen molar-refractivity contribution in [3.05, 3.63) is 34.4 Å². The van der Waals surface area contributed by atoms with Crippen LogP contribution in [0.3, 0.4) is 0 Å². The Bertz CT molecular complexity index is 845. The van der Waals surface area contributed by atoms with Gasteiger partial charge in [-0.25, -0.2) is 0 Å². The van der Waals surface area contributed by atoms with Crippen molar-refractivity contribution >= 4 is 11.6 Å². The van der Waals surface area contributed by atoms with Gasteiger partial charge >= 0.3 is 0 Å². The van der Waals surface area contributed by atoms with E-state index in [-0.39, 0.29) is 36.8 Å². The second-order valence-electron chi connectivity index (χ2n) is 8.36. The minimum absolute atomic E-state index is 0.00832. The fourth-order valence-electron chi connectivity index (χ4n) is 5.78. The van der Waals surface area contributed by atoms with Crippen molar-refractivity contribution in [2.45, 2.75) is 64.1 Å². The molecule has 0 N–H and O–H groups in total. The molecule has 2 bridgehead atoms. The normalized spacial score (nSPS) is 33.4. The summed E-state index contributed by atoms with van der Waals surface area (Å²) in [6, 6.07) is 6.19. The number of ether oxygens (including phenoxy) is 2. The summed E-state index contributed by atoms with van der Waals surface area (Å²) in [5.41, 5.74) is 3.57. The lowest BCUT2D eigenvalue weighted by Gasteiger charge is -2.31. The number of benzene rings is 1. The van der Waals surface area contributed by atoms with Gasteiger partial charge in [0, 0.05) is 0 Å². The van der Waals surface area contributed by atoms with Crippen molar-refractivity contribution in [2.75, 3.05) is 13.2 Å². The third-order valence-electron chi connectivity index (χ3n) is 6.83. The van der Waals surface area contributed by atoms with Crippen LogP contribution in [0.5, 0.6) is 0 Å². The molecule has 3 fully saturated rings. The van der Waals surface area contributed by atoms with Crippen molar-refractivity contribution in [1.82, 2.24) is 0 Å². The van der Waals surface area contributed by atoms with Gasteiger partial charge in [-0.2, -0.15) is 5.26 Å². The fourth-order valence-corrected chi connectivity index (χ4v) is 5.78. The van der Waals surface area contributed by atoms with Crippen LogP contribution in [-0.4, -0.2) is 36.5 Å². The zero-order valence-corrected chi connectivity index (χ0v) is 16.8. The molecule has 1 aromatic carbocycles. The summed E-state index contributed by atoms with van der Waals surface area (Å²) in [4.78, 5) is 27.1. The lowest BCUT2D eigenvalue weighted by molar-refractivity contribution is -0.133. The lowest BCUT2D eigenvalue weighted by atomic mass is 9.73. The Kier molecular flexibility index (Phi) is 4.89. The van der Waals surface area contributed by atoms with E-state index in [2.05, 4.69) is 32.9 Å². The molecule has 0 radical (unpaired) electrons. The molecule has 2 heterocycles. The predicted molar refractivity (Wildman–Crippen MR) is 103 cm³/mol. The fraction of sp³-hybridized carbons (Fsp3) is 0.609. The Morgan fingerprint density at radius 1 is 1.21 bits per heavy atom. The van der Waals surface area contributed by atoms with Crippen LogP contribution < -0.4 is 0 Å². The maximum Gasteiger partial charge on any atom is 0.154 e. The molecule has 1 unspecified atom stereocenters. The SMILES string of the molecule is CCc1cc(C)cc(CC)c1C1C(=O)[C@H]2[C@@H]3CC[C@@](COCC#N)(O3)[C@H]2C1=O. The number of carbonyl (C=O) groups is 2. The van der Waals surface area contributed by atoms with Gasteiger partial charge in [0.25, 0.3) is 0 Å². The number of ketones is 2. The first-order chi connectivity index (χ1) is 13.5. The monoisotopic (exact) mass is 381 g/mol. The number of Topliss-reactive ketones (excluding diaryl/α,β-unsaturated/α-hetero) is 2. The predicted octanol–water partition coefficient (Wildman–Crippen LogP) is 3.06. The largest absolute Gasteiger partial charge is 0.368 e. The maximum atomic E-state index is 13.6. The molecule has 0 spiro atoms. The Labute approximate surface area is 166 Å². The van der Waals surface area contributed by atoms with Crippen LogP contribution in [0.2, 0.25) is 0 Å². The Balaban J connectivity index is 1.75. The number of nitrogens with zero attached hydrogens (tertiary/aromatic N) is 1. The maximum absolute atomic E-state index is 13.6. The Morgan fingerprint density at radius 3 is 2.50 bits per heavy atom. The molecule has 1 aromatic rings. The highest BCUT2D eigenvalue weighted by molar-refractivity contribution is 6.17. The van der Waals surface area contributed by atoms with Crippen molar-refractivity contribution < 1.29 is 19.1 Å². The lowest BCUT2D eigenvalue weighted by Crippen LogP contribution is -2.44. The van der Waals surface area contributed by atoms with Gasteiger partial charge in [0.1, 0.15) is 18.1 Å². The number of carbonyl (C=O) groups excluding carboxylic acids is 2. The molecular formula is C23H27NO4. The van der Waals surface area contributed by atoms with Crippen LogP contribution in [0.15, 0.2) is 12.1 Å². The zero-order chi connectivity index (χ0) is 20.1. The smallest absolute Gasteiger partial charge is 0.154 e. The first-order valence-electron chi connectivity index (χ1n) is 10.3. The van der Waals surface area contributed by atoms with Gasteiger partial charge < -0.3 is 9.47 Å². The van der Waals surface area contributed by atoms with Gasteiger partial charge in [0.05, 0.1) is 30.6 Å². The Hall–Kier alpha value is -2.03. The summed E-state index contributed by atoms with van der Waals surface area (Å²) in [6.07, 6.45) is 2.89. The van der Waals surface area contributed by atoms with Gasteiger partial charge in [0.2, 0.25) is 0 Å². The quantitative estimate of drug-likeness (QED) is 0.559. The van der Waals surface area contributed by atoms with Crippen LogP contribution >= 0.6 is 0 Å². The zero-order valence-electron chi connectivity index (χ0n) is 16.8. The third-order valence-corrected chi connectivity index (χ3v) is 6.83. The summed E-state index contributed by atoms with van der Waals surface area (Å²) in [7, 11) is 0. The average molecular weight is 381 g/mol. The van der Waals surface area contributed by atoms with E-state index in [4.69, 9.17) is 14.7 Å². The number of fused-ring (bicyclic) bond motifs is 5. The second kappa shape index (κ2) is 7.09. The molecule has 0 aromatic heterocycles. The number of rotatable bonds is 6. The van der Waals surface area contributed by atoms with E-state index in [1.165, 1.54) is 5.56 Å². The molecule has 1 saturated carbocycles. The first kappa shape index (κ1) is 19.3. The minimum atomic E-state index is -0.739. The number of hydrogen-bond donors (Lipinski definition) is 0. The highest BCUT2D eigenvalue weighted by Gasteiger charge is 2.69. The summed E-state index contributed by atoms with van der Waals surface area (Å²) >= 11 is 0. The van der Waals surface area contributed by atoms with E-state index < -0.39 is 17.4 Å². The summed E-state index contributed by atoms with van der Waals surface area (Å²) < 4.78 is 11.6. The van der Waals surface area contributed by atoms with Crippen molar-refractivity contribution in [3.8, 4) is 6.07 Å². The van der Waals surface area contributed by atoms with Crippen LogP contribution in [0.1, 0.15) is 54.9 Å². The summed E-state index contributed by atoms with van der Waals surface area (Å²) in [6.45, 7) is 6.39. The molecule has 5 atom stereocenters. The van der Waals surface area contributed by atoms with Gasteiger partial charge in [-0.3, -0.25) is 9.59 Å². The molecule has 148 valence electrons. The number of hydrogen-bond acceptors (Lipinski definition) is 5. The molecule has 28 heavy (non-hydrogen) atoms. The van der Waals surface area contributed by atoms with Gasteiger partial charge in [-0.05, 0) is 49.3 Å². The van der Waals surface area contributed by atoms with E-state index in [1.807, 2.05) is 6.07 Å².